The number of carbonyl (C=O) groups is 1. The predicted octanol–water partition coefficient (Wildman–Crippen LogP) is 4.39. The molecule has 5 nitrogen and oxygen atoms in total. The minimum absolute atomic E-state index is 0.0360. The number of aryl methyl sites for hydroxylation is 2. The maximum atomic E-state index is 12.4. The van der Waals surface area contributed by atoms with Crippen molar-refractivity contribution in [2.75, 3.05) is 17.3 Å². The summed E-state index contributed by atoms with van der Waals surface area (Å²) in [7, 11) is 0. The molecule has 0 fully saturated rings. The number of anilines is 1. The topological polar surface area (TPSA) is 78.7 Å². The fourth-order valence-corrected chi connectivity index (χ4v) is 3.83. The minimum Gasteiger partial charge on any atom is -0.325 e. The van der Waals surface area contributed by atoms with Crippen molar-refractivity contribution < 1.29 is 4.79 Å². The Bertz CT molecular complexity index is 794. The third-order valence-electron chi connectivity index (χ3n) is 3.82. The number of hydrogen-bond acceptors (Lipinski definition) is 6. The van der Waals surface area contributed by atoms with E-state index in [0.717, 1.165) is 32.7 Å². The minimum atomic E-state index is -0.0360. The van der Waals surface area contributed by atoms with Gasteiger partial charge >= 0.3 is 0 Å². The second-order valence-corrected chi connectivity index (χ2v) is 7.57. The first-order valence-corrected chi connectivity index (χ1v) is 10.5. The molecule has 1 heterocycles. The third-order valence-corrected chi connectivity index (χ3v) is 5.44. The molecule has 1 aromatic carbocycles. The Kier molecular flexibility index (Phi) is 7.95. The molecule has 2 aromatic rings. The van der Waals surface area contributed by atoms with Crippen LogP contribution in [0.4, 0.5) is 5.69 Å². The molecule has 0 atom stereocenters. The Balaban J connectivity index is 1.99. The standard InChI is InChI=1S/C19H22N4OS2/c1-13-15(14(2)22-19(21-13)25-3)9-10-18(24)23-16-7-4-5-8-17(16)26-12-6-11-20/h4-5,7-8H,6,9-10,12H2,1-3H3,(H,23,24). The van der Waals surface area contributed by atoms with E-state index in [2.05, 4.69) is 21.4 Å². The molecule has 26 heavy (non-hydrogen) atoms. The molecule has 1 amide bonds. The van der Waals surface area contributed by atoms with Gasteiger partial charge in [0.1, 0.15) is 0 Å². The Hall–Kier alpha value is -2.04. The van der Waals surface area contributed by atoms with Gasteiger partial charge in [-0.05, 0) is 44.2 Å². The molecule has 0 spiro atoms. The zero-order valence-electron chi connectivity index (χ0n) is 15.2. The molecule has 0 saturated heterocycles. The molecule has 0 aliphatic rings. The van der Waals surface area contributed by atoms with Gasteiger partial charge in [-0.3, -0.25) is 4.79 Å². The van der Waals surface area contributed by atoms with Crippen LogP contribution in [0.5, 0.6) is 0 Å². The van der Waals surface area contributed by atoms with Crippen molar-refractivity contribution >= 4 is 35.1 Å². The lowest BCUT2D eigenvalue weighted by molar-refractivity contribution is -0.116. The fourth-order valence-electron chi connectivity index (χ4n) is 2.52. The van der Waals surface area contributed by atoms with Gasteiger partial charge in [0.25, 0.3) is 0 Å². The fraction of sp³-hybridized carbons (Fsp3) is 0.368. The van der Waals surface area contributed by atoms with Crippen LogP contribution in [-0.2, 0) is 11.2 Å². The van der Waals surface area contributed by atoms with Gasteiger partial charge in [-0.25, -0.2) is 9.97 Å². The van der Waals surface area contributed by atoms with Crippen LogP contribution < -0.4 is 5.32 Å². The number of nitriles is 1. The molecule has 0 aliphatic carbocycles. The van der Waals surface area contributed by atoms with E-state index >= 15 is 0 Å². The molecule has 0 unspecified atom stereocenters. The Morgan fingerprint density at radius 3 is 2.58 bits per heavy atom. The predicted molar refractivity (Wildman–Crippen MR) is 108 cm³/mol. The summed E-state index contributed by atoms with van der Waals surface area (Å²) in [5, 5.41) is 12.4. The highest BCUT2D eigenvalue weighted by molar-refractivity contribution is 7.99. The third kappa shape index (κ3) is 5.75. The van der Waals surface area contributed by atoms with Crippen molar-refractivity contribution in [2.45, 2.75) is 43.2 Å². The molecule has 2 rings (SSSR count). The smallest absolute Gasteiger partial charge is 0.224 e. The highest BCUT2D eigenvalue weighted by Crippen LogP contribution is 2.27. The molecule has 1 aromatic heterocycles. The van der Waals surface area contributed by atoms with Crippen LogP contribution in [0.3, 0.4) is 0 Å². The number of benzene rings is 1. The number of nitrogens with zero attached hydrogens (tertiary/aromatic N) is 3. The molecule has 1 N–H and O–H groups in total. The van der Waals surface area contributed by atoms with Crippen LogP contribution >= 0.6 is 23.5 Å². The molecule has 136 valence electrons. The van der Waals surface area contributed by atoms with Gasteiger partial charge in [-0.15, -0.1) is 11.8 Å². The SMILES string of the molecule is CSc1nc(C)c(CCC(=O)Nc2ccccc2SCCC#N)c(C)n1. The lowest BCUT2D eigenvalue weighted by Gasteiger charge is -2.12. The first-order valence-electron chi connectivity index (χ1n) is 8.32. The number of carbonyl (C=O) groups excluding carboxylic acids is 1. The first-order chi connectivity index (χ1) is 12.5. The van der Waals surface area contributed by atoms with Crippen molar-refractivity contribution in [1.82, 2.24) is 9.97 Å². The molecular formula is C19H22N4OS2. The average Bonchev–Trinajstić information content (AvgIpc) is 2.62. The van der Waals surface area contributed by atoms with Crippen LogP contribution in [0.15, 0.2) is 34.3 Å². The number of thioether (sulfide) groups is 2. The van der Waals surface area contributed by atoms with E-state index in [1.165, 1.54) is 11.8 Å². The second-order valence-electron chi connectivity index (χ2n) is 5.66. The molecular weight excluding hydrogens is 364 g/mol. The highest BCUT2D eigenvalue weighted by atomic mass is 32.2. The van der Waals surface area contributed by atoms with Crippen molar-refractivity contribution in [1.29, 1.82) is 5.26 Å². The van der Waals surface area contributed by atoms with Gasteiger partial charge in [0.05, 0.1) is 11.8 Å². The van der Waals surface area contributed by atoms with Crippen molar-refractivity contribution in [3.8, 4) is 6.07 Å². The summed E-state index contributed by atoms with van der Waals surface area (Å²) >= 11 is 3.10. The van der Waals surface area contributed by atoms with Crippen molar-refractivity contribution in [3.63, 3.8) is 0 Å². The maximum absolute atomic E-state index is 12.4. The van der Waals surface area contributed by atoms with E-state index in [1.54, 1.807) is 11.8 Å². The summed E-state index contributed by atoms with van der Waals surface area (Å²) in [4.78, 5) is 22.3. The zero-order chi connectivity index (χ0) is 18.9. The molecule has 0 saturated carbocycles. The van der Waals surface area contributed by atoms with Crippen LogP contribution in [0.25, 0.3) is 0 Å². The largest absolute Gasteiger partial charge is 0.325 e. The Morgan fingerprint density at radius 2 is 1.92 bits per heavy atom. The van der Waals surface area contributed by atoms with Crippen LogP contribution in [0.2, 0.25) is 0 Å². The maximum Gasteiger partial charge on any atom is 0.224 e. The molecule has 0 aliphatic heterocycles. The molecule has 0 bridgehead atoms. The highest BCUT2D eigenvalue weighted by Gasteiger charge is 2.12. The summed E-state index contributed by atoms with van der Waals surface area (Å²) in [6.07, 6.45) is 3.42. The number of nitrogens with one attached hydrogen (secondary N) is 1. The number of rotatable bonds is 8. The quantitative estimate of drug-likeness (QED) is 0.412. The molecule has 7 heteroatoms. The summed E-state index contributed by atoms with van der Waals surface area (Å²) in [5.74, 6) is 0.673. The van der Waals surface area contributed by atoms with Gasteiger partial charge in [0.15, 0.2) is 5.16 Å². The summed E-state index contributed by atoms with van der Waals surface area (Å²) < 4.78 is 0. The van der Waals surface area contributed by atoms with E-state index in [0.29, 0.717) is 25.0 Å². The van der Waals surface area contributed by atoms with E-state index in [4.69, 9.17) is 5.26 Å². The number of aromatic nitrogens is 2. The lowest BCUT2D eigenvalue weighted by atomic mass is 10.1. The normalized spacial score (nSPS) is 10.4. The van der Waals surface area contributed by atoms with E-state index < -0.39 is 0 Å². The van der Waals surface area contributed by atoms with Gasteiger partial charge in [0, 0.05) is 34.9 Å². The second kappa shape index (κ2) is 10.2. The number of para-hydroxylation sites is 1. The van der Waals surface area contributed by atoms with E-state index in [9.17, 15) is 4.79 Å². The summed E-state index contributed by atoms with van der Waals surface area (Å²) in [6.45, 7) is 3.92. The van der Waals surface area contributed by atoms with Crippen LogP contribution in [-0.4, -0.2) is 27.9 Å². The monoisotopic (exact) mass is 386 g/mol. The van der Waals surface area contributed by atoms with Crippen LogP contribution in [0.1, 0.15) is 29.8 Å². The van der Waals surface area contributed by atoms with Gasteiger partial charge in [-0.1, -0.05) is 23.9 Å². The van der Waals surface area contributed by atoms with Crippen molar-refractivity contribution in [3.05, 3.63) is 41.2 Å². The Labute approximate surface area is 163 Å². The van der Waals surface area contributed by atoms with E-state index in [-0.39, 0.29) is 5.91 Å². The summed E-state index contributed by atoms with van der Waals surface area (Å²) in [6, 6.07) is 9.81. The first kappa shape index (κ1) is 20.3. The van der Waals surface area contributed by atoms with Gasteiger partial charge < -0.3 is 5.32 Å². The zero-order valence-corrected chi connectivity index (χ0v) is 16.8. The molecule has 0 radical (unpaired) electrons. The summed E-state index contributed by atoms with van der Waals surface area (Å²) in [5.41, 5.74) is 3.70. The average molecular weight is 387 g/mol. The van der Waals surface area contributed by atoms with Gasteiger partial charge in [0.2, 0.25) is 5.91 Å². The number of amides is 1. The van der Waals surface area contributed by atoms with E-state index in [1.807, 2.05) is 44.4 Å². The van der Waals surface area contributed by atoms with Gasteiger partial charge in [-0.2, -0.15) is 5.26 Å². The van der Waals surface area contributed by atoms with Crippen molar-refractivity contribution in [2.24, 2.45) is 0 Å². The van der Waals surface area contributed by atoms with Crippen LogP contribution in [0, 0.1) is 25.2 Å². The number of hydrogen-bond donors (Lipinski definition) is 1. The Morgan fingerprint density at radius 1 is 1.23 bits per heavy atom. The lowest BCUT2D eigenvalue weighted by Crippen LogP contribution is -2.14.